The number of carboxylic acid groups (broad SMARTS) is 1. The van der Waals surface area contributed by atoms with Crippen LogP contribution in [0, 0.1) is 0 Å². The van der Waals surface area contributed by atoms with Gasteiger partial charge in [0.05, 0.1) is 12.1 Å². The maximum Gasteiger partial charge on any atom is 0.320 e. The summed E-state index contributed by atoms with van der Waals surface area (Å²) in [5.74, 6) is -0.880. The highest BCUT2D eigenvalue weighted by Gasteiger charge is 2.39. The first-order valence-corrected chi connectivity index (χ1v) is 4.94. The topological polar surface area (TPSA) is 62.5 Å². The van der Waals surface area contributed by atoms with Gasteiger partial charge in [0.2, 0.25) is 0 Å². The zero-order valence-corrected chi connectivity index (χ0v) is 8.07. The van der Waals surface area contributed by atoms with E-state index in [-0.39, 0.29) is 6.54 Å². The molecule has 0 aliphatic carbocycles. The van der Waals surface area contributed by atoms with Crippen LogP contribution in [0.15, 0.2) is 28.9 Å². The quantitative estimate of drug-likeness (QED) is 0.791. The van der Waals surface area contributed by atoms with Crippen LogP contribution in [-0.4, -0.2) is 28.8 Å². The highest BCUT2D eigenvalue weighted by atomic mass is 32.1. The van der Waals surface area contributed by atoms with Crippen LogP contribution in [0.1, 0.15) is 4.88 Å². The number of allylic oxidation sites excluding steroid dienone is 1. The zero-order chi connectivity index (χ0) is 10.0. The van der Waals surface area contributed by atoms with Crippen molar-refractivity contribution in [3.8, 4) is 0 Å². The minimum atomic E-state index is -1.00. The lowest BCUT2D eigenvalue weighted by atomic mass is 9.85. The van der Waals surface area contributed by atoms with E-state index in [1.54, 1.807) is 30.1 Å². The summed E-state index contributed by atoms with van der Waals surface area (Å²) in [6.07, 6.45) is 6.53. The first kappa shape index (κ1) is 9.08. The van der Waals surface area contributed by atoms with Gasteiger partial charge in [0, 0.05) is 17.3 Å². The number of carbonyl (C=O) groups is 1. The van der Waals surface area contributed by atoms with Gasteiger partial charge in [0.25, 0.3) is 0 Å². The number of nitrogens with zero attached hydrogens (tertiary/aromatic N) is 2. The second kappa shape index (κ2) is 3.34. The second-order valence-corrected chi connectivity index (χ2v) is 3.88. The van der Waals surface area contributed by atoms with E-state index in [9.17, 15) is 9.90 Å². The molecule has 1 atom stereocenters. The van der Waals surface area contributed by atoms with Crippen LogP contribution in [0.5, 0.6) is 0 Å². The fourth-order valence-electron chi connectivity index (χ4n) is 1.36. The van der Waals surface area contributed by atoms with Gasteiger partial charge in [-0.1, -0.05) is 6.08 Å². The van der Waals surface area contributed by atoms with E-state index in [0.29, 0.717) is 0 Å². The molecule has 0 saturated carbocycles. The van der Waals surface area contributed by atoms with Crippen LogP contribution >= 0.6 is 11.3 Å². The summed E-state index contributed by atoms with van der Waals surface area (Å²) in [4.78, 5) is 19.8. The number of hydrogen-bond acceptors (Lipinski definition) is 4. The molecule has 1 aliphatic rings. The molecule has 4 nitrogen and oxygen atoms in total. The molecule has 1 N–H and O–H groups in total. The van der Waals surface area contributed by atoms with Gasteiger partial charge in [-0.05, 0) is 6.08 Å². The van der Waals surface area contributed by atoms with Crippen molar-refractivity contribution in [2.45, 2.75) is 5.41 Å². The highest BCUT2D eigenvalue weighted by Crippen LogP contribution is 2.31. The molecule has 1 unspecified atom stereocenters. The van der Waals surface area contributed by atoms with Crippen LogP contribution in [0.25, 0.3) is 0 Å². The Labute approximate surface area is 84.6 Å². The van der Waals surface area contributed by atoms with E-state index in [4.69, 9.17) is 0 Å². The molecule has 0 saturated heterocycles. The highest BCUT2D eigenvalue weighted by molar-refractivity contribution is 7.10. The smallest absolute Gasteiger partial charge is 0.320 e. The molecule has 2 heterocycles. The maximum atomic E-state index is 11.2. The lowest BCUT2D eigenvalue weighted by Crippen LogP contribution is -2.37. The largest absolute Gasteiger partial charge is 0.480 e. The lowest BCUT2D eigenvalue weighted by molar-refractivity contribution is -0.141. The van der Waals surface area contributed by atoms with E-state index in [1.165, 1.54) is 11.3 Å². The van der Waals surface area contributed by atoms with E-state index < -0.39 is 11.4 Å². The molecule has 1 aliphatic heterocycles. The molecular weight excluding hydrogens is 200 g/mol. The molecule has 0 fully saturated rings. The third-order valence-corrected chi connectivity index (χ3v) is 3.12. The first-order chi connectivity index (χ1) is 6.76. The summed E-state index contributed by atoms with van der Waals surface area (Å²) in [5.41, 5.74) is 0.627. The number of thiazole rings is 1. The number of hydrogen-bond donors (Lipinski definition) is 1. The fourth-order valence-corrected chi connectivity index (χ4v) is 2.15. The first-order valence-electron chi connectivity index (χ1n) is 4.06. The molecule has 5 heteroatoms. The van der Waals surface area contributed by atoms with Crippen LogP contribution < -0.4 is 0 Å². The van der Waals surface area contributed by atoms with Crippen molar-refractivity contribution in [2.75, 3.05) is 6.54 Å². The minimum Gasteiger partial charge on any atom is -0.480 e. The van der Waals surface area contributed by atoms with Gasteiger partial charge in [-0.15, -0.1) is 11.3 Å². The van der Waals surface area contributed by atoms with Gasteiger partial charge in [0.1, 0.15) is 5.41 Å². The van der Waals surface area contributed by atoms with Crippen LogP contribution in [0.2, 0.25) is 0 Å². The predicted octanol–water partition coefficient (Wildman–Crippen LogP) is 1.11. The summed E-state index contributed by atoms with van der Waals surface area (Å²) in [6, 6.07) is 0. The molecule has 0 bridgehead atoms. The third-order valence-electron chi connectivity index (χ3n) is 2.17. The molecule has 72 valence electrons. The number of carboxylic acids is 1. The molecular formula is C9H8N2O2S. The maximum absolute atomic E-state index is 11.2. The van der Waals surface area contributed by atoms with E-state index >= 15 is 0 Å². The van der Waals surface area contributed by atoms with Gasteiger partial charge in [0.15, 0.2) is 0 Å². The predicted molar refractivity (Wildman–Crippen MR) is 53.9 cm³/mol. The number of aliphatic carboxylic acids is 1. The van der Waals surface area contributed by atoms with Gasteiger partial charge < -0.3 is 5.11 Å². The Morgan fingerprint density at radius 1 is 1.64 bits per heavy atom. The Morgan fingerprint density at radius 2 is 2.50 bits per heavy atom. The number of rotatable bonds is 2. The fraction of sp³-hybridized carbons (Fsp3) is 0.222. The lowest BCUT2D eigenvalue weighted by Gasteiger charge is -2.23. The van der Waals surface area contributed by atoms with Crippen LogP contribution in [0.3, 0.4) is 0 Å². The second-order valence-electron chi connectivity index (χ2n) is 2.99. The van der Waals surface area contributed by atoms with Crippen molar-refractivity contribution in [2.24, 2.45) is 4.99 Å². The average molecular weight is 208 g/mol. The Kier molecular flexibility index (Phi) is 2.17. The van der Waals surface area contributed by atoms with E-state index in [2.05, 4.69) is 9.98 Å². The summed E-state index contributed by atoms with van der Waals surface area (Å²) in [7, 11) is 0. The van der Waals surface area contributed by atoms with Crippen molar-refractivity contribution in [3.05, 3.63) is 28.7 Å². The monoisotopic (exact) mass is 208 g/mol. The molecule has 0 amide bonds. The van der Waals surface area contributed by atoms with Gasteiger partial charge >= 0.3 is 5.97 Å². The van der Waals surface area contributed by atoms with Crippen molar-refractivity contribution in [1.29, 1.82) is 0 Å². The van der Waals surface area contributed by atoms with Gasteiger partial charge in [-0.2, -0.15) is 0 Å². The summed E-state index contributed by atoms with van der Waals surface area (Å²) < 4.78 is 0. The molecule has 0 aromatic carbocycles. The Balaban J connectivity index is 2.47. The average Bonchev–Trinajstić information content (AvgIpc) is 2.72. The van der Waals surface area contributed by atoms with Gasteiger partial charge in [-0.3, -0.25) is 14.8 Å². The van der Waals surface area contributed by atoms with Gasteiger partial charge in [-0.25, -0.2) is 0 Å². The molecule has 14 heavy (non-hydrogen) atoms. The minimum absolute atomic E-state index is 0.251. The standard InChI is InChI=1S/C9H8N2O2S/c12-8(13)9(2-1-3-10-5-9)7-4-11-6-14-7/h1-4,6H,5H2,(H,12,13). The molecule has 1 aromatic rings. The molecule has 2 rings (SSSR count). The van der Waals surface area contributed by atoms with Crippen molar-refractivity contribution >= 4 is 23.5 Å². The molecule has 0 radical (unpaired) electrons. The summed E-state index contributed by atoms with van der Waals surface area (Å²) in [5, 5.41) is 9.21. The van der Waals surface area contributed by atoms with Crippen LogP contribution in [-0.2, 0) is 10.2 Å². The summed E-state index contributed by atoms with van der Waals surface area (Å²) >= 11 is 1.34. The number of dihydropyridines is 1. The molecule has 1 aromatic heterocycles. The van der Waals surface area contributed by atoms with Crippen molar-refractivity contribution in [3.63, 3.8) is 0 Å². The molecule has 0 spiro atoms. The van der Waals surface area contributed by atoms with E-state index in [1.807, 2.05) is 0 Å². The SMILES string of the molecule is O=C(O)C1(c2cncs2)C=CC=NC1. The van der Waals surface area contributed by atoms with E-state index in [0.717, 1.165) is 4.88 Å². The third kappa shape index (κ3) is 1.26. The van der Waals surface area contributed by atoms with Crippen molar-refractivity contribution < 1.29 is 9.90 Å². The van der Waals surface area contributed by atoms with Crippen LogP contribution in [0.4, 0.5) is 0 Å². The normalized spacial score (nSPS) is 25.1. The Bertz CT molecular complexity index is 397. The zero-order valence-electron chi connectivity index (χ0n) is 7.25. The Hall–Kier alpha value is -1.49. The van der Waals surface area contributed by atoms with Crippen molar-refractivity contribution in [1.82, 2.24) is 4.98 Å². The number of aliphatic imine (C=N–C) groups is 1. The number of aromatic nitrogens is 1. The summed E-state index contributed by atoms with van der Waals surface area (Å²) in [6.45, 7) is 0.251. The Morgan fingerprint density at radius 3 is 3.00 bits per heavy atom.